The molecule has 0 unspecified atom stereocenters. The van der Waals surface area contributed by atoms with Crippen LogP contribution in [0.5, 0.6) is 11.5 Å². The predicted octanol–water partition coefficient (Wildman–Crippen LogP) is 4.13. The molecule has 33 heavy (non-hydrogen) atoms. The van der Waals surface area contributed by atoms with Crippen LogP contribution in [-0.2, 0) is 14.8 Å². The molecule has 2 aromatic rings. The van der Waals surface area contributed by atoms with Crippen LogP contribution in [0, 0.1) is 5.41 Å². The van der Waals surface area contributed by atoms with E-state index >= 15 is 0 Å². The lowest BCUT2D eigenvalue weighted by molar-refractivity contribution is -0.274. The van der Waals surface area contributed by atoms with Gasteiger partial charge in [-0.15, -0.1) is 13.2 Å². The van der Waals surface area contributed by atoms with Crippen molar-refractivity contribution in [3.05, 3.63) is 42.5 Å². The molecule has 0 saturated carbocycles. The second-order valence-corrected chi connectivity index (χ2v) is 9.68. The van der Waals surface area contributed by atoms with E-state index in [1.54, 1.807) is 27.7 Å². The third-order valence-electron chi connectivity index (χ3n) is 4.19. The normalized spacial score (nSPS) is 13.2. The fourth-order valence-corrected chi connectivity index (χ4v) is 3.82. The Kier molecular flexibility index (Phi) is 7.86. The van der Waals surface area contributed by atoms with E-state index in [4.69, 9.17) is 4.74 Å². The highest BCUT2D eigenvalue weighted by molar-refractivity contribution is 7.92. The van der Waals surface area contributed by atoms with Gasteiger partial charge < -0.3 is 19.9 Å². The molecule has 0 saturated heterocycles. The largest absolute Gasteiger partial charge is 0.573 e. The first kappa shape index (κ1) is 26.3. The van der Waals surface area contributed by atoms with E-state index in [1.165, 1.54) is 30.3 Å². The molecule has 0 aliphatic carbocycles. The van der Waals surface area contributed by atoms with Crippen molar-refractivity contribution in [3.8, 4) is 11.5 Å². The number of hydrogen-bond donors (Lipinski definition) is 3. The molecule has 0 aliphatic heterocycles. The predicted molar refractivity (Wildman–Crippen MR) is 116 cm³/mol. The van der Waals surface area contributed by atoms with Gasteiger partial charge in [-0.05, 0) is 36.6 Å². The molecule has 0 radical (unpaired) electrons. The maximum Gasteiger partial charge on any atom is 0.573 e. The Morgan fingerprint density at radius 2 is 1.76 bits per heavy atom. The number of benzene rings is 2. The van der Waals surface area contributed by atoms with Crippen molar-refractivity contribution in [3.63, 3.8) is 0 Å². The Morgan fingerprint density at radius 3 is 2.33 bits per heavy atom. The number of anilines is 2. The number of alkyl halides is 3. The second kappa shape index (κ2) is 9.87. The van der Waals surface area contributed by atoms with Gasteiger partial charge in [-0.3, -0.25) is 9.52 Å². The monoisotopic (exact) mass is 490 g/mol. The second-order valence-electron chi connectivity index (χ2n) is 8.03. The smallest absolute Gasteiger partial charge is 0.492 e. The zero-order valence-electron chi connectivity index (χ0n) is 18.4. The molecule has 2 rings (SSSR count). The van der Waals surface area contributed by atoms with Crippen molar-refractivity contribution in [2.45, 2.75) is 45.1 Å². The molecule has 182 valence electrons. The van der Waals surface area contributed by atoms with E-state index in [0.717, 1.165) is 12.1 Å². The van der Waals surface area contributed by atoms with E-state index in [0.29, 0.717) is 0 Å². The number of carbonyl (C=O) groups excluding carboxylic acids is 1. The standard InChI is InChI=1S/C21H25F3N2O6S/c1-5-31-16-12-13(25-19(28)18(27)20(2,3)4)9-10-17(16)33(29,30)26-14-7-6-8-15(11-14)32-21(22,23)24/h6-12,18,26-27H,5H2,1-4H3,(H,25,28)/t18-/m1/s1. The summed E-state index contributed by atoms with van der Waals surface area (Å²) in [5.74, 6) is -1.38. The Hall–Kier alpha value is -2.99. The van der Waals surface area contributed by atoms with Gasteiger partial charge in [0.1, 0.15) is 22.5 Å². The molecule has 1 atom stereocenters. The van der Waals surface area contributed by atoms with Crippen LogP contribution in [0.3, 0.4) is 0 Å². The molecule has 3 N–H and O–H groups in total. The third-order valence-corrected chi connectivity index (χ3v) is 5.61. The molecule has 0 bridgehead atoms. The zero-order chi connectivity index (χ0) is 25.0. The lowest BCUT2D eigenvalue weighted by atomic mass is 9.88. The van der Waals surface area contributed by atoms with Crippen molar-refractivity contribution in [1.82, 2.24) is 0 Å². The molecule has 8 nitrogen and oxygen atoms in total. The summed E-state index contributed by atoms with van der Waals surface area (Å²) < 4.78 is 74.4. The van der Waals surface area contributed by atoms with Gasteiger partial charge in [0.15, 0.2) is 0 Å². The third kappa shape index (κ3) is 7.53. The Balaban J connectivity index is 2.31. The van der Waals surface area contributed by atoms with Gasteiger partial charge in [-0.2, -0.15) is 0 Å². The summed E-state index contributed by atoms with van der Waals surface area (Å²) in [6, 6.07) is 8.10. The van der Waals surface area contributed by atoms with Crippen LogP contribution >= 0.6 is 0 Å². The maximum absolute atomic E-state index is 12.9. The number of aliphatic hydroxyl groups is 1. The number of amides is 1. The fraction of sp³-hybridized carbons (Fsp3) is 0.381. The highest BCUT2D eigenvalue weighted by atomic mass is 32.2. The van der Waals surface area contributed by atoms with E-state index in [2.05, 4.69) is 14.8 Å². The number of sulfonamides is 1. The van der Waals surface area contributed by atoms with E-state index in [1.807, 2.05) is 0 Å². The lowest BCUT2D eigenvalue weighted by Crippen LogP contribution is -2.38. The molecule has 2 aromatic carbocycles. The number of carbonyl (C=O) groups is 1. The van der Waals surface area contributed by atoms with Crippen LogP contribution in [0.15, 0.2) is 47.4 Å². The summed E-state index contributed by atoms with van der Waals surface area (Å²) in [4.78, 5) is 12.0. The topological polar surface area (TPSA) is 114 Å². The summed E-state index contributed by atoms with van der Waals surface area (Å²) >= 11 is 0. The van der Waals surface area contributed by atoms with Crippen molar-refractivity contribution >= 4 is 27.3 Å². The van der Waals surface area contributed by atoms with Crippen molar-refractivity contribution in [2.75, 3.05) is 16.6 Å². The number of nitrogens with one attached hydrogen (secondary N) is 2. The van der Waals surface area contributed by atoms with E-state index in [-0.39, 0.29) is 28.6 Å². The number of rotatable bonds is 8. The minimum Gasteiger partial charge on any atom is -0.492 e. The summed E-state index contributed by atoms with van der Waals surface area (Å²) in [6.07, 6.45) is -6.25. The molecule has 0 heterocycles. The molecular weight excluding hydrogens is 465 g/mol. The fourth-order valence-electron chi connectivity index (χ4n) is 2.65. The van der Waals surface area contributed by atoms with Gasteiger partial charge in [0.05, 0.1) is 12.3 Å². The van der Waals surface area contributed by atoms with Gasteiger partial charge >= 0.3 is 6.36 Å². The first-order valence-electron chi connectivity index (χ1n) is 9.77. The Bertz CT molecular complexity index is 1100. The minimum atomic E-state index is -4.93. The quantitative estimate of drug-likeness (QED) is 0.513. The van der Waals surface area contributed by atoms with Crippen LogP contribution in [0.1, 0.15) is 27.7 Å². The van der Waals surface area contributed by atoms with Crippen molar-refractivity contribution < 1.29 is 41.0 Å². The molecule has 0 fully saturated rings. The number of halogens is 3. The minimum absolute atomic E-state index is 0.0967. The van der Waals surface area contributed by atoms with Gasteiger partial charge in [-0.25, -0.2) is 8.42 Å². The summed E-state index contributed by atoms with van der Waals surface area (Å²) in [6.45, 7) is 6.76. The van der Waals surface area contributed by atoms with E-state index in [9.17, 15) is 31.5 Å². The van der Waals surface area contributed by atoms with Crippen LogP contribution < -0.4 is 19.5 Å². The van der Waals surface area contributed by atoms with Crippen molar-refractivity contribution in [1.29, 1.82) is 0 Å². The average Bonchev–Trinajstić information content (AvgIpc) is 2.65. The maximum atomic E-state index is 12.9. The molecule has 0 aliphatic rings. The first-order chi connectivity index (χ1) is 15.1. The van der Waals surface area contributed by atoms with Gasteiger partial charge in [0.25, 0.3) is 15.9 Å². The SMILES string of the molecule is CCOc1cc(NC(=O)[C@@H](O)C(C)(C)C)ccc1S(=O)(=O)Nc1cccc(OC(F)(F)F)c1. The van der Waals surface area contributed by atoms with Crippen LogP contribution in [-0.4, -0.2) is 38.5 Å². The van der Waals surface area contributed by atoms with Gasteiger partial charge in [0.2, 0.25) is 0 Å². The van der Waals surface area contributed by atoms with Crippen LogP contribution in [0.4, 0.5) is 24.5 Å². The molecule has 0 aromatic heterocycles. The average molecular weight is 491 g/mol. The lowest BCUT2D eigenvalue weighted by Gasteiger charge is -2.24. The molecule has 0 spiro atoms. The van der Waals surface area contributed by atoms with Crippen LogP contribution in [0.2, 0.25) is 0 Å². The Labute approximate surface area is 189 Å². The summed E-state index contributed by atoms with van der Waals surface area (Å²) in [7, 11) is -4.29. The molecule has 12 heteroatoms. The number of hydrogen-bond acceptors (Lipinski definition) is 6. The summed E-state index contributed by atoms with van der Waals surface area (Å²) in [5.41, 5.74) is -0.694. The van der Waals surface area contributed by atoms with E-state index < -0.39 is 39.6 Å². The van der Waals surface area contributed by atoms with Crippen molar-refractivity contribution in [2.24, 2.45) is 5.41 Å². The van der Waals surface area contributed by atoms with Crippen LogP contribution in [0.25, 0.3) is 0 Å². The molecular formula is C21H25F3N2O6S. The summed E-state index contributed by atoms with van der Waals surface area (Å²) in [5, 5.41) is 12.6. The van der Waals surface area contributed by atoms with Gasteiger partial charge in [0, 0.05) is 17.8 Å². The number of ether oxygens (including phenoxy) is 2. The highest BCUT2D eigenvalue weighted by Crippen LogP contribution is 2.31. The zero-order valence-corrected chi connectivity index (χ0v) is 19.2. The number of aliphatic hydroxyl groups excluding tert-OH is 1. The first-order valence-corrected chi connectivity index (χ1v) is 11.2. The Morgan fingerprint density at radius 1 is 1.09 bits per heavy atom. The highest BCUT2D eigenvalue weighted by Gasteiger charge is 2.31. The molecule has 1 amide bonds. The van der Waals surface area contributed by atoms with Gasteiger partial charge in [-0.1, -0.05) is 26.8 Å².